The van der Waals surface area contributed by atoms with Crippen LogP contribution in [0.5, 0.6) is 11.5 Å². The van der Waals surface area contributed by atoms with Gasteiger partial charge in [0.15, 0.2) is 0 Å². The van der Waals surface area contributed by atoms with Gasteiger partial charge in [0.25, 0.3) is 5.91 Å². The first-order chi connectivity index (χ1) is 14.3. The molecule has 0 unspecified atom stereocenters. The lowest BCUT2D eigenvalue weighted by molar-refractivity contribution is 0.0342. The summed E-state index contributed by atoms with van der Waals surface area (Å²) in [5.41, 5.74) is 2.55. The van der Waals surface area contributed by atoms with Crippen molar-refractivity contribution in [3.63, 3.8) is 0 Å². The molecule has 1 heterocycles. The molecule has 1 saturated heterocycles. The van der Waals surface area contributed by atoms with E-state index in [9.17, 15) is 4.79 Å². The fourth-order valence-corrected chi connectivity index (χ4v) is 3.24. The van der Waals surface area contributed by atoms with E-state index in [1.807, 2.05) is 54.6 Å². The molecule has 0 spiro atoms. The van der Waals surface area contributed by atoms with Gasteiger partial charge in [0.05, 0.1) is 13.2 Å². The molecule has 0 saturated carbocycles. The van der Waals surface area contributed by atoms with E-state index in [-0.39, 0.29) is 5.91 Å². The Bertz CT molecular complexity index is 936. The molecule has 1 fully saturated rings. The maximum absolute atomic E-state index is 12.6. The summed E-state index contributed by atoms with van der Waals surface area (Å²) in [6.07, 6.45) is 0. The Labute approximate surface area is 170 Å². The van der Waals surface area contributed by atoms with Crippen molar-refractivity contribution in [2.75, 3.05) is 31.6 Å². The molecule has 0 atom stereocenters. The van der Waals surface area contributed by atoms with Gasteiger partial charge >= 0.3 is 0 Å². The minimum Gasteiger partial charge on any atom is -0.457 e. The highest BCUT2D eigenvalue weighted by Crippen LogP contribution is 2.22. The van der Waals surface area contributed by atoms with Crippen LogP contribution in [0, 0.1) is 0 Å². The molecule has 5 nitrogen and oxygen atoms in total. The van der Waals surface area contributed by atoms with Gasteiger partial charge in [-0.2, -0.15) is 0 Å². The first-order valence-corrected chi connectivity index (χ1v) is 9.80. The summed E-state index contributed by atoms with van der Waals surface area (Å²) in [7, 11) is 0. The summed E-state index contributed by atoms with van der Waals surface area (Å²) >= 11 is 0. The van der Waals surface area contributed by atoms with Gasteiger partial charge in [-0.25, -0.2) is 0 Å². The van der Waals surface area contributed by atoms with Gasteiger partial charge in [-0.1, -0.05) is 36.4 Å². The highest BCUT2D eigenvalue weighted by Gasteiger charge is 2.11. The molecule has 0 radical (unpaired) electrons. The van der Waals surface area contributed by atoms with Crippen LogP contribution in [-0.2, 0) is 11.3 Å². The standard InChI is InChI=1S/C24H24N2O3/c27-24(20-5-4-8-23(17-20)29-22-6-2-1-3-7-22)25-21-11-9-19(10-12-21)18-26-13-15-28-16-14-26/h1-12,17H,13-16,18H2,(H,25,27). The Morgan fingerprint density at radius 3 is 2.38 bits per heavy atom. The quantitative estimate of drug-likeness (QED) is 0.672. The highest BCUT2D eigenvalue weighted by molar-refractivity contribution is 6.04. The van der Waals surface area contributed by atoms with Gasteiger partial charge in [0, 0.05) is 30.9 Å². The third-order valence-electron chi connectivity index (χ3n) is 4.80. The van der Waals surface area contributed by atoms with Crippen molar-refractivity contribution < 1.29 is 14.3 Å². The summed E-state index contributed by atoms with van der Waals surface area (Å²) in [5.74, 6) is 1.20. The molecule has 5 heteroatoms. The summed E-state index contributed by atoms with van der Waals surface area (Å²) in [6, 6.07) is 24.7. The number of anilines is 1. The van der Waals surface area contributed by atoms with Crippen LogP contribution in [0.1, 0.15) is 15.9 Å². The first-order valence-electron chi connectivity index (χ1n) is 9.80. The number of nitrogens with zero attached hydrogens (tertiary/aromatic N) is 1. The fraction of sp³-hybridized carbons (Fsp3) is 0.208. The van der Waals surface area contributed by atoms with E-state index in [1.165, 1.54) is 5.56 Å². The smallest absolute Gasteiger partial charge is 0.255 e. The van der Waals surface area contributed by atoms with Crippen molar-refractivity contribution in [1.82, 2.24) is 4.90 Å². The van der Waals surface area contributed by atoms with Gasteiger partial charge < -0.3 is 14.8 Å². The molecule has 1 amide bonds. The third-order valence-corrected chi connectivity index (χ3v) is 4.80. The number of rotatable bonds is 6. The number of amides is 1. The molecule has 0 aromatic heterocycles. The highest BCUT2D eigenvalue weighted by atomic mass is 16.5. The second-order valence-corrected chi connectivity index (χ2v) is 6.98. The predicted molar refractivity (Wildman–Crippen MR) is 113 cm³/mol. The van der Waals surface area contributed by atoms with E-state index in [4.69, 9.17) is 9.47 Å². The third kappa shape index (κ3) is 5.44. The minimum absolute atomic E-state index is 0.163. The lowest BCUT2D eigenvalue weighted by Crippen LogP contribution is -2.35. The van der Waals surface area contributed by atoms with Crippen LogP contribution < -0.4 is 10.1 Å². The van der Waals surface area contributed by atoms with Crippen molar-refractivity contribution >= 4 is 11.6 Å². The molecule has 3 aromatic carbocycles. The normalized spacial score (nSPS) is 14.3. The summed E-state index contributed by atoms with van der Waals surface area (Å²) in [5, 5.41) is 2.95. The Hall–Kier alpha value is -3.15. The van der Waals surface area contributed by atoms with Crippen molar-refractivity contribution in [2.24, 2.45) is 0 Å². The average molecular weight is 388 g/mol. The molecule has 1 aliphatic rings. The Morgan fingerprint density at radius 2 is 1.62 bits per heavy atom. The van der Waals surface area contributed by atoms with E-state index in [2.05, 4.69) is 22.3 Å². The summed E-state index contributed by atoms with van der Waals surface area (Å²) in [4.78, 5) is 15.0. The second-order valence-electron chi connectivity index (χ2n) is 6.98. The number of ether oxygens (including phenoxy) is 2. The number of carbonyl (C=O) groups excluding carboxylic acids is 1. The number of morpholine rings is 1. The van der Waals surface area contributed by atoms with Crippen molar-refractivity contribution in [1.29, 1.82) is 0 Å². The van der Waals surface area contributed by atoms with E-state index in [0.29, 0.717) is 11.3 Å². The van der Waals surface area contributed by atoms with Crippen LogP contribution in [0.4, 0.5) is 5.69 Å². The summed E-state index contributed by atoms with van der Waals surface area (Å²) in [6.45, 7) is 4.40. The second kappa shape index (κ2) is 9.37. The number of nitrogens with one attached hydrogen (secondary N) is 1. The van der Waals surface area contributed by atoms with Gasteiger partial charge in [0.2, 0.25) is 0 Å². The molecule has 0 aliphatic carbocycles. The summed E-state index contributed by atoms with van der Waals surface area (Å²) < 4.78 is 11.2. The number of para-hydroxylation sites is 1. The van der Waals surface area contributed by atoms with Crippen molar-refractivity contribution in [3.8, 4) is 11.5 Å². The average Bonchev–Trinajstić information content (AvgIpc) is 2.77. The van der Waals surface area contributed by atoms with Crippen LogP contribution in [0.2, 0.25) is 0 Å². The van der Waals surface area contributed by atoms with E-state index in [1.54, 1.807) is 12.1 Å². The van der Waals surface area contributed by atoms with Gasteiger partial charge in [-0.05, 0) is 48.0 Å². The SMILES string of the molecule is O=C(Nc1ccc(CN2CCOCC2)cc1)c1cccc(Oc2ccccc2)c1. The molecular weight excluding hydrogens is 364 g/mol. The van der Waals surface area contributed by atoms with E-state index in [0.717, 1.165) is 44.3 Å². The van der Waals surface area contributed by atoms with Gasteiger partial charge in [-0.3, -0.25) is 9.69 Å². The van der Waals surface area contributed by atoms with E-state index >= 15 is 0 Å². The fourth-order valence-electron chi connectivity index (χ4n) is 3.24. The Morgan fingerprint density at radius 1 is 0.897 bits per heavy atom. The van der Waals surface area contributed by atoms with E-state index < -0.39 is 0 Å². The molecule has 4 rings (SSSR count). The van der Waals surface area contributed by atoms with Gasteiger partial charge in [-0.15, -0.1) is 0 Å². The van der Waals surface area contributed by atoms with Gasteiger partial charge in [0.1, 0.15) is 11.5 Å². The Kier molecular flexibility index (Phi) is 6.19. The number of hydrogen-bond acceptors (Lipinski definition) is 4. The maximum Gasteiger partial charge on any atom is 0.255 e. The van der Waals surface area contributed by atoms with Crippen LogP contribution >= 0.6 is 0 Å². The number of carbonyl (C=O) groups is 1. The minimum atomic E-state index is -0.163. The topological polar surface area (TPSA) is 50.8 Å². The largest absolute Gasteiger partial charge is 0.457 e. The van der Waals surface area contributed by atoms with Crippen LogP contribution in [0.3, 0.4) is 0 Å². The zero-order valence-corrected chi connectivity index (χ0v) is 16.2. The Balaban J connectivity index is 1.37. The molecular formula is C24H24N2O3. The molecule has 0 bridgehead atoms. The number of benzene rings is 3. The number of hydrogen-bond donors (Lipinski definition) is 1. The molecule has 1 N–H and O–H groups in total. The first kappa shape index (κ1) is 19.2. The van der Waals surface area contributed by atoms with Crippen molar-refractivity contribution in [3.05, 3.63) is 90.0 Å². The monoisotopic (exact) mass is 388 g/mol. The lowest BCUT2D eigenvalue weighted by Gasteiger charge is -2.26. The van der Waals surface area contributed by atoms with Crippen LogP contribution in [0.25, 0.3) is 0 Å². The van der Waals surface area contributed by atoms with Crippen LogP contribution in [-0.4, -0.2) is 37.1 Å². The van der Waals surface area contributed by atoms with Crippen LogP contribution in [0.15, 0.2) is 78.9 Å². The zero-order chi connectivity index (χ0) is 19.9. The molecule has 29 heavy (non-hydrogen) atoms. The van der Waals surface area contributed by atoms with Crippen molar-refractivity contribution in [2.45, 2.75) is 6.54 Å². The lowest BCUT2D eigenvalue weighted by atomic mass is 10.1. The molecule has 148 valence electrons. The molecule has 3 aromatic rings. The zero-order valence-electron chi connectivity index (χ0n) is 16.2. The molecule has 1 aliphatic heterocycles. The predicted octanol–water partition coefficient (Wildman–Crippen LogP) is 4.56. The maximum atomic E-state index is 12.6.